The highest BCUT2D eigenvalue weighted by atomic mass is 35.5. The summed E-state index contributed by atoms with van der Waals surface area (Å²) in [6, 6.07) is 3.73. The van der Waals surface area contributed by atoms with Gasteiger partial charge in [0.15, 0.2) is 0 Å². The Kier molecular flexibility index (Phi) is 5.81. The Bertz CT molecular complexity index is 688. The first kappa shape index (κ1) is 18.4. The minimum atomic E-state index is -3.71. The summed E-state index contributed by atoms with van der Waals surface area (Å²) in [5, 5.41) is 3.49. The number of nitrogens with one attached hydrogen (secondary N) is 1. The van der Waals surface area contributed by atoms with Crippen LogP contribution in [0.2, 0.25) is 10.0 Å². The van der Waals surface area contributed by atoms with Crippen LogP contribution in [0.3, 0.4) is 0 Å². The summed E-state index contributed by atoms with van der Waals surface area (Å²) in [5.41, 5.74) is 0.204. The number of halogens is 2. The van der Waals surface area contributed by atoms with E-state index >= 15 is 0 Å². The minimum absolute atomic E-state index is 0.112. The quantitative estimate of drug-likeness (QED) is 0.854. The van der Waals surface area contributed by atoms with E-state index in [4.69, 9.17) is 23.2 Å². The number of nitrogens with zero attached hydrogens (tertiary/aromatic N) is 1. The van der Waals surface area contributed by atoms with Crippen molar-refractivity contribution in [2.24, 2.45) is 0 Å². The van der Waals surface area contributed by atoms with E-state index in [0.717, 1.165) is 36.2 Å². The molecule has 2 rings (SSSR count). The van der Waals surface area contributed by atoms with Gasteiger partial charge in [0.2, 0.25) is 15.9 Å². The van der Waals surface area contributed by atoms with Gasteiger partial charge in [0, 0.05) is 11.1 Å². The summed E-state index contributed by atoms with van der Waals surface area (Å²) < 4.78 is 25.5. The Labute approximate surface area is 147 Å². The summed E-state index contributed by atoms with van der Waals surface area (Å²) >= 11 is 12.1. The van der Waals surface area contributed by atoms with Crippen LogP contribution in [0.15, 0.2) is 18.2 Å². The van der Waals surface area contributed by atoms with Gasteiger partial charge in [-0.25, -0.2) is 8.42 Å². The topological polar surface area (TPSA) is 66.5 Å². The second kappa shape index (κ2) is 7.28. The zero-order valence-electron chi connectivity index (χ0n) is 13.1. The van der Waals surface area contributed by atoms with Crippen LogP contribution in [0.4, 0.5) is 5.69 Å². The largest absolute Gasteiger partial charge is 0.352 e. The molecule has 0 heterocycles. The molecule has 1 amide bonds. The third-order valence-corrected chi connectivity index (χ3v) is 5.72. The summed E-state index contributed by atoms with van der Waals surface area (Å²) in [6.45, 7) is 1.54. The fraction of sp³-hybridized carbons (Fsp3) is 0.533. The molecule has 0 bridgehead atoms. The SMILES string of the molecule is C[C@H](C(=O)NC1CCCC1)N(c1cc(Cl)ccc1Cl)S(C)(=O)=O. The normalized spacial score (nSPS) is 17.0. The lowest BCUT2D eigenvalue weighted by Gasteiger charge is -2.30. The lowest BCUT2D eigenvalue weighted by Crippen LogP contribution is -2.50. The van der Waals surface area contributed by atoms with E-state index in [1.54, 1.807) is 13.0 Å². The second-order valence-corrected chi connectivity index (χ2v) is 8.52. The van der Waals surface area contributed by atoms with Crippen LogP contribution < -0.4 is 9.62 Å². The van der Waals surface area contributed by atoms with E-state index in [-0.39, 0.29) is 22.7 Å². The fourth-order valence-corrected chi connectivity index (χ4v) is 4.43. The third kappa shape index (κ3) is 4.52. The zero-order valence-corrected chi connectivity index (χ0v) is 15.4. The molecule has 1 aromatic carbocycles. The summed E-state index contributed by atoms with van der Waals surface area (Å²) in [4.78, 5) is 12.5. The summed E-state index contributed by atoms with van der Waals surface area (Å²) in [5.74, 6) is -0.335. The van der Waals surface area contributed by atoms with Gasteiger partial charge in [-0.3, -0.25) is 9.10 Å². The van der Waals surface area contributed by atoms with Gasteiger partial charge in [0.25, 0.3) is 0 Å². The molecule has 128 valence electrons. The molecule has 1 fully saturated rings. The van der Waals surface area contributed by atoms with E-state index in [1.807, 2.05) is 0 Å². The van der Waals surface area contributed by atoms with Gasteiger partial charge >= 0.3 is 0 Å². The van der Waals surface area contributed by atoms with E-state index in [2.05, 4.69) is 5.32 Å². The molecule has 1 aromatic rings. The number of carbonyl (C=O) groups excluding carboxylic acids is 1. The molecular formula is C15H20Cl2N2O3S. The molecular weight excluding hydrogens is 359 g/mol. The molecule has 0 aliphatic heterocycles. The number of sulfonamides is 1. The van der Waals surface area contributed by atoms with Gasteiger partial charge in [-0.05, 0) is 38.0 Å². The number of rotatable bonds is 5. The lowest BCUT2D eigenvalue weighted by molar-refractivity contribution is -0.122. The van der Waals surface area contributed by atoms with Crippen molar-refractivity contribution in [1.29, 1.82) is 0 Å². The molecule has 0 spiro atoms. The number of anilines is 1. The number of carbonyl (C=O) groups is 1. The summed E-state index contributed by atoms with van der Waals surface area (Å²) in [7, 11) is -3.71. The molecule has 1 N–H and O–H groups in total. The average Bonchev–Trinajstić information content (AvgIpc) is 2.94. The van der Waals surface area contributed by atoms with Gasteiger partial charge in [0.05, 0.1) is 17.0 Å². The Balaban J connectivity index is 2.31. The Morgan fingerprint density at radius 2 is 1.91 bits per heavy atom. The van der Waals surface area contributed by atoms with Gasteiger partial charge in [-0.2, -0.15) is 0 Å². The number of amides is 1. The molecule has 8 heteroatoms. The van der Waals surface area contributed by atoms with Crippen molar-refractivity contribution in [2.45, 2.75) is 44.7 Å². The molecule has 0 unspecified atom stereocenters. The average molecular weight is 379 g/mol. The molecule has 0 saturated heterocycles. The van der Waals surface area contributed by atoms with Crippen molar-refractivity contribution in [3.8, 4) is 0 Å². The van der Waals surface area contributed by atoms with Gasteiger partial charge in [0.1, 0.15) is 6.04 Å². The van der Waals surface area contributed by atoms with Crippen molar-refractivity contribution >= 4 is 44.8 Å². The number of benzene rings is 1. The van der Waals surface area contributed by atoms with Crippen LogP contribution >= 0.6 is 23.2 Å². The third-order valence-electron chi connectivity index (χ3n) is 3.94. The van der Waals surface area contributed by atoms with E-state index in [0.29, 0.717) is 5.02 Å². The molecule has 1 saturated carbocycles. The van der Waals surface area contributed by atoms with Gasteiger partial charge in [-0.15, -0.1) is 0 Å². The van der Waals surface area contributed by atoms with Crippen molar-refractivity contribution < 1.29 is 13.2 Å². The molecule has 1 aliphatic carbocycles. The first-order valence-corrected chi connectivity index (χ1v) is 10.1. The van der Waals surface area contributed by atoms with E-state index in [9.17, 15) is 13.2 Å². The maximum atomic E-state index is 12.5. The first-order chi connectivity index (χ1) is 10.7. The molecule has 23 heavy (non-hydrogen) atoms. The van der Waals surface area contributed by atoms with Crippen molar-refractivity contribution in [1.82, 2.24) is 5.32 Å². The molecule has 0 radical (unpaired) electrons. The summed E-state index contributed by atoms with van der Waals surface area (Å²) in [6.07, 6.45) is 5.05. The maximum Gasteiger partial charge on any atom is 0.243 e. The number of hydrogen-bond donors (Lipinski definition) is 1. The predicted molar refractivity (Wildman–Crippen MR) is 93.6 cm³/mol. The van der Waals surface area contributed by atoms with Crippen LogP contribution in [0, 0.1) is 0 Å². The second-order valence-electron chi connectivity index (χ2n) is 5.82. The van der Waals surface area contributed by atoms with E-state index in [1.165, 1.54) is 12.1 Å². The van der Waals surface area contributed by atoms with Crippen LogP contribution in [-0.2, 0) is 14.8 Å². The Hall–Kier alpha value is -0.980. The van der Waals surface area contributed by atoms with Crippen molar-refractivity contribution in [3.05, 3.63) is 28.2 Å². The molecule has 1 atom stereocenters. The lowest BCUT2D eigenvalue weighted by atomic mass is 10.2. The highest BCUT2D eigenvalue weighted by Crippen LogP contribution is 2.32. The highest BCUT2D eigenvalue weighted by molar-refractivity contribution is 7.92. The monoisotopic (exact) mass is 378 g/mol. The molecule has 5 nitrogen and oxygen atoms in total. The minimum Gasteiger partial charge on any atom is -0.352 e. The van der Waals surface area contributed by atoms with Crippen LogP contribution in [-0.4, -0.2) is 32.7 Å². The Morgan fingerprint density at radius 1 is 1.30 bits per heavy atom. The fourth-order valence-electron chi connectivity index (χ4n) is 2.83. The zero-order chi connectivity index (χ0) is 17.2. The smallest absolute Gasteiger partial charge is 0.243 e. The van der Waals surface area contributed by atoms with Gasteiger partial charge < -0.3 is 5.32 Å². The maximum absolute atomic E-state index is 12.5. The van der Waals surface area contributed by atoms with Crippen molar-refractivity contribution in [2.75, 3.05) is 10.6 Å². The number of hydrogen-bond acceptors (Lipinski definition) is 3. The van der Waals surface area contributed by atoms with E-state index < -0.39 is 16.1 Å². The Morgan fingerprint density at radius 3 is 2.48 bits per heavy atom. The predicted octanol–water partition coefficient (Wildman–Crippen LogP) is 3.21. The first-order valence-electron chi connectivity index (χ1n) is 7.45. The van der Waals surface area contributed by atoms with Gasteiger partial charge in [-0.1, -0.05) is 36.0 Å². The molecule has 0 aromatic heterocycles. The van der Waals surface area contributed by atoms with Crippen LogP contribution in [0.1, 0.15) is 32.6 Å². The van der Waals surface area contributed by atoms with Crippen molar-refractivity contribution in [3.63, 3.8) is 0 Å². The van der Waals surface area contributed by atoms with Crippen LogP contribution in [0.25, 0.3) is 0 Å². The highest BCUT2D eigenvalue weighted by Gasteiger charge is 2.32. The molecule has 1 aliphatic rings. The standard InChI is InChI=1S/C15H20Cl2N2O3S/c1-10(15(20)18-12-5-3-4-6-12)19(23(2,21)22)14-9-11(16)7-8-13(14)17/h7-10,12H,3-6H2,1-2H3,(H,18,20)/t10-/m1/s1. The van der Waals surface area contributed by atoms with Crippen LogP contribution in [0.5, 0.6) is 0 Å².